The van der Waals surface area contributed by atoms with Gasteiger partial charge in [0, 0.05) is 31.9 Å². The molecule has 0 aliphatic heterocycles. The summed E-state index contributed by atoms with van der Waals surface area (Å²) in [5.41, 5.74) is 1.39. The lowest BCUT2D eigenvalue weighted by atomic mass is 10.3. The molecule has 0 saturated carbocycles. The molecule has 0 fully saturated rings. The Morgan fingerprint density at radius 1 is 1.07 bits per heavy atom. The number of aromatic nitrogens is 4. The highest BCUT2D eigenvalue weighted by Gasteiger charge is 2.38. The number of hydrogen-bond donors (Lipinski definition) is 2. The average molecular weight is 437 g/mol. The van der Waals surface area contributed by atoms with Crippen LogP contribution in [0.2, 0.25) is 5.02 Å². The Hall–Kier alpha value is -1.81. The third-order valence-electron chi connectivity index (χ3n) is 4.17. The molecule has 0 aromatic carbocycles. The molecule has 0 aliphatic rings. The van der Waals surface area contributed by atoms with Crippen molar-refractivity contribution in [2.24, 2.45) is 0 Å². The summed E-state index contributed by atoms with van der Waals surface area (Å²) in [5, 5.41) is 14.3. The highest BCUT2D eigenvalue weighted by Crippen LogP contribution is 2.35. The van der Waals surface area contributed by atoms with Crippen LogP contribution in [0.15, 0.2) is 6.07 Å². The summed E-state index contributed by atoms with van der Waals surface area (Å²) in [4.78, 5) is 0. The van der Waals surface area contributed by atoms with Crippen LogP contribution in [0.25, 0.3) is 0 Å². The minimum absolute atomic E-state index is 0.304. The summed E-state index contributed by atoms with van der Waals surface area (Å²) in [5.74, 6) is 0. The van der Waals surface area contributed by atoms with E-state index in [-0.39, 0.29) is 5.02 Å². The molecule has 28 heavy (non-hydrogen) atoms. The van der Waals surface area contributed by atoms with Crippen molar-refractivity contribution in [2.45, 2.75) is 52.9 Å². The Kier molecular flexibility index (Phi) is 7.70. The van der Waals surface area contributed by atoms with Crippen molar-refractivity contribution in [1.29, 1.82) is 0 Å². The number of hydrogen-bond acceptors (Lipinski definition) is 3. The van der Waals surface area contributed by atoms with Gasteiger partial charge in [0.25, 0.3) is 0 Å². The lowest BCUT2D eigenvalue weighted by Crippen LogP contribution is -2.36. The van der Waals surface area contributed by atoms with E-state index in [4.69, 9.17) is 23.8 Å². The molecule has 0 amide bonds. The molecule has 0 aliphatic carbocycles. The van der Waals surface area contributed by atoms with Crippen molar-refractivity contribution in [1.82, 2.24) is 30.2 Å². The fraction of sp³-hybridized carbons (Fsp3) is 0.588. The van der Waals surface area contributed by atoms with Crippen LogP contribution in [-0.4, -0.2) is 37.8 Å². The van der Waals surface area contributed by atoms with Crippen molar-refractivity contribution in [3.63, 3.8) is 0 Å². The number of rotatable bonds is 8. The van der Waals surface area contributed by atoms with Crippen LogP contribution in [-0.2, 0) is 19.3 Å². The van der Waals surface area contributed by atoms with Gasteiger partial charge in [0.2, 0.25) is 0 Å². The van der Waals surface area contributed by atoms with E-state index in [1.807, 2.05) is 24.6 Å². The van der Waals surface area contributed by atoms with Crippen molar-refractivity contribution in [3.05, 3.63) is 33.9 Å². The molecule has 11 heteroatoms. The monoisotopic (exact) mass is 436 g/mol. The van der Waals surface area contributed by atoms with E-state index < -0.39 is 11.9 Å². The van der Waals surface area contributed by atoms with Gasteiger partial charge in [-0.15, -0.1) is 0 Å². The van der Waals surface area contributed by atoms with Crippen LogP contribution < -0.4 is 10.6 Å². The third-order valence-corrected chi connectivity index (χ3v) is 4.91. The van der Waals surface area contributed by atoms with E-state index in [0.29, 0.717) is 36.9 Å². The van der Waals surface area contributed by atoms with Gasteiger partial charge in [0.15, 0.2) is 10.8 Å². The second-order valence-electron chi connectivity index (χ2n) is 6.51. The van der Waals surface area contributed by atoms with Gasteiger partial charge in [0.1, 0.15) is 0 Å². The number of alkyl halides is 3. The maximum Gasteiger partial charge on any atom is 0.436 e. The Balaban J connectivity index is 1.65. The quantitative estimate of drug-likeness (QED) is 0.489. The van der Waals surface area contributed by atoms with Crippen molar-refractivity contribution in [2.75, 3.05) is 13.1 Å². The van der Waals surface area contributed by atoms with Gasteiger partial charge in [-0.05, 0) is 51.9 Å². The van der Waals surface area contributed by atoms with Crippen LogP contribution in [0.4, 0.5) is 13.2 Å². The topological polar surface area (TPSA) is 59.7 Å². The molecule has 0 atom stereocenters. The summed E-state index contributed by atoms with van der Waals surface area (Å²) < 4.78 is 41.7. The number of nitrogens with one attached hydrogen (secondary N) is 2. The minimum atomic E-state index is -4.55. The molecule has 0 radical (unpaired) electrons. The van der Waals surface area contributed by atoms with Crippen molar-refractivity contribution in [3.8, 4) is 0 Å². The summed E-state index contributed by atoms with van der Waals surface area (Å²) >= 11 is 10.9. The molecule has 6 nitrogen and oxygen atoms in total. The second-order valence-corrected chi connectivity index (χ2v) is 7.30. The smallest absolute Gasteiger partial charge is 0.363 e. The van der Waals surface area contributed by atoms with Crippen LogP contribution in [0.1, 0.15) is 35.6 Å². The zero-order valence-corrected chi connectivity index (χ0v) is 17.6. The summed E-state index contributed by atoms with van der Waals surface area (Å²) in [7, 11) is 0. The molecular weight excluding hydrogens is 413 g/mol. The average Bonchev–Trinajstić information content (AvgIpc) is 3.07. The fourth-order valence-electron chi connectivity index (χ4n) is 2.75. The largest absolute Gasteiger partial charge is 0.436 e. The van der Waals surface area contributed by atoms with E-state index in [9.17, 15) is 13.2 Å². The molecule has 2 aromatic heterocycles. The molecule has 156 valence electrons. The van der Waals surface area contributed by atoms with Gasteiger partial charge in [-0.3, -0.25) is 9.36 Å². The third kappa shape index (κ3) is 6.10. The molecular formula is C17H24ClF3N6S. The molecule has 0 bridgehead atoms. The predicted octanol–water partition coefficient (Wildman–Crippen LogP) is 3.62. The molecule has 2 heterocycles. The van der Waals surface area contributed by atoms with Crippen LogP contribution >= 0.6 is 23.8 Å². The first-order chi connectivity index (χ1) is 13.1. The van der Waals surface area contributed by atoms with Gasteiger partial charge in [-0.1, -0.05) is 11.6 Å². The fourth-order valence-corrected chi connectivity index (χ4v) is 3.20. The van der Waals surface area contributed by atoms with Crippen LogP contribution in [0.3, 0.4) is 0 Å². The molecule has 0 saturated heterocycles. The van der Waals surface area contributed by atoms with E-state index >= 15 is 0 Å². The normalized spacial score (nSPS) is 11.7. The van der Waals surface area contributed by atoms with E-state index in [0.717, 1.165) is 24.4 Å². The number of thiocarbonyl (C=S) groups is 1. The lowest BCUT2D eigenvalue weighted by molar-refractivity contribution is -0.141. The van der Waals surface area contributed by atoms with Crippen LogP contribution in [0, 0.1) is 20.8 Å². The summed E-state index contributed by atoms with van der Waals surface area (Å²) in [6.45, 7) is 7.84. The Labute approximate surface area is 172 Å². The molecule has 2 N–H and O–H groups in total. The first-order valence-corrected chi connectivity index (χ1v) is 9.71. The Morgan fingerprint density at radius 2 is 1.64 bits per heavy atom. The summed E-state index contributed by atoms with van der Waals surface area (Å²) in [6, 6.07) is 2.03. The molecule has 2 rings (SSSR count). The number of aryl methyl sites for hydroxylation is 4. The maximum absolute atomic E-state index is 12.8. The zero-order valence-electron chi connectivity index (χ0n) is 16.0. The predicted molar refractivity (Wildman–Crippen MR) is 107 cm³/mol. The van der Waals surface area contributed by atoms with Gasteiger partial charge in [0.05, 0.1) is 16.4 Å². The number of nitrogens with zero attached hydrogens (tertiary/aromatic N) is 4. The molecule has 0 unspecified atom stereocenters. The van der Waals surface area contributed by atoms with Gasteiger partial charge < -0.3 is 10.6 Å². The molecule has 0 spiro atoms. The second kappa shape index (κ2) is 9.60. The van der Waals surface area contributed by atoms with Gasteiger partial charge in [-0.2, -0.15) is 23.4 Å². The van der Waals surface area contributed by atoms with Gasteiger partial charge in [-0.25, -0.2) is 0 Å². The van der Waals surface area contributed by atoms with E-state index in [1.54, 1.807) is 0 Å². The zero-order chi connectivity index (χ0) is 20.9. The standard InChI is InChI=1S/C17H24ClF3N6S/c1-11-10-12(2)26(24-11)8-4-6-22-16(28)23-7-5-9-27-13(3)14(18)15(25-27)17(19,20)21/h10H,4-9H2,1-3H3,(H2,22,23,28). The first-order valence-electron chi connectivity index (χ1n) is 8.92. The highest BCUT2D eigenvalue weighted by atomic mass is 35.5. The van der Waals surface area contributed by atoms with Crippen LogP contribution in [0.5, 0.6) is 0 Å². The number of halogens is 4. The lowest BCUT2D eigenvalue weighted by Gasteiger charge is -2.11. The van der Waals surface area contributed by atoms with Crippen molar-refractivity contribution < 1.29 is 13.2 Å². The Morgan fingerprint density at radius 3 is 2.11 bits per heavy atom. The first kappa shape index (κ1) is 22.5. The summed E-state index contributed by atoms with van der Waals surface area (Å²) in [6.07, 6.45) is -3.12. The van der Waals surface area contributed by atoms with E-state index in [2.05, 4.69) is 20.8 Å². The van der Waals surface area contributed by atoms with E-state index in [1.165, 1.54) is 11.6 Å². The minimum Gasteiger partial charge on any atom is -0.363 e. The highest BCUT2D eigenvalue weighted by molar-refractivity contribution is 7.80. The van der Waals surface area contributed by atoms with Crippen molar-refractivity contribution >= 4 is 28.9 Å². The Bertz CT molecular complexity index is 815. The molecule has 2 aromatic rings. The SMILES string of the molecule is Cc1cc(C)n(CCCNC(=S)NCCCn2nc(C(F)(F)F)c(Cl)c2C)n1. The maximum atomic E-state index is 12.8. The van der Waals surface area contributed by atoms with Gasteiger partial charge >= 0.3 is 6.18 Å².